The second-order valence-electron chi connectivity index (χ2n) is 5.52. The van der Waals surface area contributed by atoms with Crippen LogP contribution in [0.4, 0.5) is 5.69 Å². The van der Waals surface area contributed by atoms with Crippen LogP contribution in [0.2, 0.25) is 5.02 Å². The van der Waals surface area contributed by atoms with Crippen LogP contribution in [0.5, 0.6) is 0 Å². The molecule has 0 aliphatic carbocycles. The van der Waals surface area contributed by atoms with Gasteiger partial charge in [-0.05, 0) is 54.6 Å². The molecule has 2 aromatic carbocycles. The van der Waals surface area contributed by atoms with Crippen LogP contribution in [-0.2, 0) is 0 Å². The molecule has 134 valence electrons. The van der Waals surface area contributed by atoms with E-state index < -0.39 is 0 Å². The third-order valence-corrected chi connectivity index (χ3v) is 3.83. The van der Waals surface area contributed by atoms with Crippen molar-refractivity contribution in [2.75, 3.05) is 5.32 Å². The number of aromatic nitrogens is 1. The van der Waals surface area contributed by atoms with Gasteiger partial charge in [-0.2, -0.15) is 5.10 Å². The number of nitrogens with one attached hydrogen (secondary N) is 2. The van der Waals surface area contributed by atoms with Gasteiger partial charge in [0.15, 0.2) is 0 Å². The van der Waals surface area contributed by atoms with Gasteiger partial charge in [0.05, 0.1) is 6.21 Å². The van der Waals surface area contributed by atoms with Crippen molar-refractivity contribution in [3.63, 3.8) is 0 Å². The summed E-state index contributed by atoms with van der Waals surface area (Å²) in [4.78, 5) is 28.2. The summed E-state index contributed by atoms with van der Waals surface area (Å²) in [6.07, 6.45) is 4.79. The monoisotopic (exact) mass is 378 g/mol. The van der Waals surface area contributed by atoms with E-state index in [-0.39, 0.29) is 11.8 Å². The van der Waals surface area contributed by atoms with Crippen molar-refractivity contribution in [1.29, 1.82) is 0 Å². The molecule has 3 rings (SSSR count). The van der Waals surface area contributed by atoms with E-state index in [1.165, 1.54) is 6.21 Å². The zero-order valence-corrected chi connectivity index (χ0v) is 14.9. The second kappa shape index (κ2) is 8.73. The Morgan fingerprint density at radius 2 is 1.59 bits per heavy atom. The molecule has 3 aromatic rings. The van der Waals surface area contributed by atoms with Crippen molar-refractivity contribution in [2.24, 2.45) is 5.10 Å². The topological polar surface area (TPSA) is 83.4 Å². The zero-order chi connectivity index (χ0) is 19.1. The predicted octanol–water partition coefficient (Wildman–Crippen LogP) is 3.75. The van der Waals surface area contributed by atoms with Gasteiger partial charge in [0.25, 0.3) is 11.8 Å². The minimum atomic E-state index is -0.356. The minimum Gasteiger partial charge on any atom is -0.322 e. The quantitative estimate of drug-likeness (QED) is 0.524. The van der Waals surface area contributed by atoms with Crippen molar-refractivity contribution in [2.45, 2.75) is 0 Å². The molecule has 27 heavy (non-hydrogen) atoms. The van der Waals surface area contributed by atoms with E-state index in [9.17, 15) is 9.59 Å². The van der Waals surface area contributed by atoms with E-state index in [1.54, 1.807) is 67.0 Å². The number of pyridine rings is 1. The Balaban J connectivity index is 1.57. The van der Waals surface area contributed by atoms with Crippen molar-refractivity contribution in [3.8, 4) is 0 Å². The molecular formula is C20H15ClN4O2. The fourth-order valence-electron chi connectivity index (χ4n) is 2.19. The highest BCUT2D eigenvalue weighted by atomic mass is 35.5. The van der Waals surface area contributed by atoms with E-state index in [4.69, 9.17) is 11.6 Å². The molecule has 0 saturated carbocycles. The Morgan fingerprint density at radius 3 is 2.26 bits per heavy atom. The molecule has 0 bridgehead atoms. The minimum absolute atomic E-state index is 0.259. The third kappa shape index (κ3) is 5.23. The number of benzene rings is 2. The normalized spacial score (nSPS) is 10.6. The molecule has 0 unspecified atom stereocenters. The summed E-state index contributed by atoms with van der Waals surface area (Å²) in [5.41, 5.74) is 4.70. The first-order valence-electron chi connectivity index (χ1n) is 8.02. The molecule has 2 N–H and O–H groups in total. The number of nitrogens with zero attached hydrogens (tertiary/aromatic N) is 2. The highest BCUT2D eigenvalue weighted by Gasteiger charge is 2.08. The molecule has 0 saturated heterocycles. The number of anilines is 1. The van der Waals surface area contributed by atoms with Crippen molar-refractivity contribution in [1.82, 2.24) is 10.4 Å². The Morgan fingerprint density at radius 1 is 0.926 bits per heavy atom. The number of amides is 2. The van der Waals surface area contributed by atoms with E-state index in [0.29, 0.717) is 21.8 Å². The van der Waals surface area contributed by atoms with Gasteiger partial charge in [-0.1, -0.05) is 17.7 Å². The summed E-state index contributed by atoms with van der Waals surface area (Å²) in [6.45, 7) is 0. The van der Waals surface area contributed by atoms with Gasteiger partial charge in [0, 0.05) is 39.8 Å². The van der Waals surface area contributed by atoms with Gasteiger partial charge < -0.3 is 5.32 Å². The molecule has 6 nitrogen and oxygen atoms in total. The maximum absolute atomic E-state index is 12.2. The van der Waals surface area contributed by atoms with E-state index in [2.05, 4.69) is 20.8 Å². The largest absolute Gasteiger partial charge is 0.322 e. The lowest BCUT2D eigenvalue weighted by Crippen LogP contribution is -2.17. The summed E-state index contributed by atoms with van der Waals surface area (Å²) in [5.74, 6) is -0.615. The number of rotatable bonds is 5. The third-order valence-electron chi connectivity index (χ3n) is 3.58. The predicted molar refractivity (Wildman–Crippen MR) is 105 cm³/mol. The molecule has 1 heterocycles. The average molecular weight is 379 g/mol. The summed E-state index contributed by atoms with van der Waals surface area (Å²) < 4.78 is 0. The second-order valence-corrected chi connectivity index (χ2v) is 5.96. The van der Waals surface area contributed by atoms with Crippen LogP contribution in [0.1, 0.15) is 26.3 Å². The molecule has 2 amide bonds. The highest BCUT2D eigenvalue weighted by molar-refractivity contribution is 6.30. The summed E-state index contributed by atoms with van der Waals surface area (Å²) in [6, 6.07) is 16.7. The van der Waals surface area contributed by atoms with Crippen LogP contribution in [0.25, 0.3) is 0 Å². The first-order valence-corrected chi connectivity index (χ1v) is 8.40. The molecular weight excluding hydrogens is 364 g/mol. The number of halogens is 1. The molecule has 0 aliphatic heterocycles. The maximum atomic E-state index is 12.2. The lowest BCUT2D eigenvalue weighted by Gasteiger charge is -2.06. The van der Waals surface area contributed by atoms with Crippen LogP contribution in [0.3, 0.4) is 0 Å². The van der Waals surface area contributed by atoms with Crippen LogP contribution in [0, 0.1) is 0 Å². The Labute approximate surface area is 160 Å². The molecule has 0 spiro atoms. The molecule has 0 atom stereocenters. The van der Waals surface area contributed by atoms with Gasteiger partial charge in [0.1, 0.15) is 0 Å². The molecule has 7 heteroatoms. The molecule has 0 radical (unpaired) electrons. The number of carbonyl (C=O) groups excluding carboxylic acids is 2. The highest BCUT2D eigenvalue weighted by Crippen LogP contribution is 2.13. The van der Waals surface area contributed by atoms with Gasteiger partial charge >= 0.3 is 0 Å². The van der Waals surface area contributed by atoms with Gasteiger partial charge in [0.2, 0.25) is 0 Å². The van der Waals surface area contributed by atoms with Gasteiger partial charge in [-0.25, -0.2) is 5.43 Å². The number of hydrogen-bond donors (Lipinski definition) is 2. The fraction of sp³-hybridized carbons (Fsp3) is 0. The first-order chi connectivity index (χ1) is 13.1. The maximum Gasteiger partial charge on any atom is 0.271 e. The van der Waals surface area contributed by atoms with Crippen molar-refractivity contribution in [3.05, 3.63) is 94.8 Å². The van der Waals surface area contributed by atoms with Crippen LogP contribution in [-0.4, -0.2) is 23.0 Å². The number of hydrogen-bond acceptors (Lipinski definition) is 4. The van der Waals surface area contributed by atoms with Crippen LogP contribution < -0.4 is 10.7 Å². The van der Waals surface area contributed by atoms with E-state index >= 15 is 0 Å². The summed E-state index contributed by atoms with van der Waals surface area (Å²) >= 11 is 5.81. The Hall–Kier alpha value is -3.51. The Kier molecular flexibility index (Phi) is 5.91. The standard InChI is InChI=1S/C20H15ClN4O2/c21-17-7-3-15(4-8-17)19(26)24-18-9-5-16(6-10-18)20(27)25-23-13-14-2-1-11-22-12-14/h1-13H,(H,24,26)(H,25,27)/b23-13-. The molecule has 1 aromatic heterocycles. The zero-order valence-electron chi connectivity index (χ0n) is 14.1. The van der Waals surface area contributed by atoms with Gasteiger partial charge in [-0.15, -0.1) is 0 Å². The fourth-order valence-corrected chi connectivity index (χ4v) is 2.32. The summed E-state index contributed by atoms with van der Waals surface area (Å²) in [7, 11) is 0. The van der Waals surface area contributed by atoms with Crippen LogP contribution in [0.15, 0.2) is 78.2 Å². The lowest BCUT2D eigenvalue weighted by molar-refractivity contribution is 0.0954. The molecule has 0 fully saturated rings. The van der Waals surface area contributed by atoms with Crippen molar-refractivity contribution < 1.29 is 9.59 Å². The van der Waals surface area contributed by atoms with E-state index in [0.717, 1.165) is 5.56 Å². The number of carbonyl (C=O) groups is 2. The van der Waals surface area contributed by atoms with Crippen LogP contribution >= 0.6 is 11.6 Å². The van der Waals surface area contributed by atoms with E-state index in [1.807, 2.05) is 6.07 Å². The lowest BCUT2D eigenvalue weighted by atomic mass is 10.1. The first kappa shape index (κ1) is 18.3. The average Bonchev–Trinajstić information content (AvgIpc) is 2.70. The summed E-state index contributed by atoms with van der Waals surface area (Å²) in [5, 5.41) is 7.21. The van der Waals surface area contributed by atoms with Gasteiger partial charge in [-0.3, -0.25) is 14.6 Å². The van der Waals surface area contributed by atoms with Crippen molar-refractivity contribution >= 4 is 35.3 Å². The molecule has 0 aliphatic rings. The smallest absolute Gasteiger partial charge is 0.271 e. The Bertz CT molecular complexity index is 956. The number of hydrazone groups is 1. The SMILES string of the molecule is O=C(N/N=C\c1cccnc1)c1ccc(NC(=O)c2ccc(Cl)cc2)cc1.